The molecular weight excluding hydrogens is 278 g/mol. The zero-order valence-electron chi connectivity index (χ0n) is 11.4. The number of hydrogen-bond acceptors (Lipinski definition) is 4. The van der Waals surface area contributed by atoms with Gasteiger partial charge in [-0.2, -0.15) is 0 Å². The smallest absolute Gasteiger partial charge is 0.190 e. The lowest BCUT2D eigenvalue weighted by atomic mass is 9.84. The third-order valence-corrected chi connectivity index (χ3v) is 5.41. The quantitative estimate of drug-likeness (QED) is 0.516. The van der Waals surface area contributed by atoms with Crippen molar-refractivity contribution in [2.24, 2.45) is 17.8 Å². The standard InChI is InChI=1S/C14H20ClN3S/c1-8(11-6-9-3-4-10(11)5-9)16-13-7-12(15)17-14(18-13)19-2/h7-11H,3-6H2,1-2H3,(H,16,17,18). The topological polar surface area (TPSA) is 37.8 Å². The molecule has 4 unspecified atom stereocenters. The minimum Gasteiger partial charge on any atom is -0.367 e. The first kappa shape index (κ1) is 13.5. The van der Waals surface area contributed by atoms with Gasteiger partial charge in [0.2, 0.25) is 0 Å². The van der Waals surface area contributed by atoms with Gasteiger partial charge in [0.05, 0.1) is 0 Å². The summed E-state index contributed by atoms with van der Waals surface area (Å²) < 4.78 is 0. The van der Waals surface area contributed by atoms with E-state index in [1.807, 2.05) is 12.3 Å². The average Bonchev–Trinajstić information content (AvgIpc) is 3.00. The molecule has 0 aliphatic heterocycles. The zero-order chi connectivity index (χ0) is 13.4. The first-order chi connectivity index (χ1) is 9.15. The van der Waals surface area contributed by atoms with Crippen LogP contribution in [0.3, 0.4) is 0 Å². The molecule has 0 saturated heterocycles. The monoisotopic (exact) mass is 297 g/mol. The summed E-state index contributed by atoms with van der Waals surface area (Å²) >= 11 is 7.55. The molecule has 2 aliphatic rings. The van der Waals surface area contributed by atoms with Crippen LogP contribution in [-0.2, 0) is 0 Å². The summed E-state index contributed by atoms with van der Waals surface area (Å²) in [6.45, 7) is 2.28. The van der Waals surface area contributed by atoms with Crippen LogP contribution in [0.25, 0.3) is 0 Å². The largest absolute Gasteiger partial charge is 0.367 e. The van der Waals surface area contributed by atoms with E-state index in [0.717, 1.165) is 28.7 Å². The third kappa shape index (κ3) is 2.84. The maximum Gasteiger partial charge on any atom is 0.190 e. The second-order valence-corrected chi connectivity index (χ2v) is 6.99. The Balaban J connectivity index is 1.69. The highest BCUT2D eigenvalue weighted by Crippen LogP contribution is 2.49. The maximum absolute atomic E-state index is 6.03. The molecule has 2 fully saturated rings. The second kappa shape index (κ2) is 5.49. The molecule has 0 aromatic carbocycles. The predicted octanol–water partition coefficient (Wildman–Crippen LogP) is 4.09. The minimum absolute atomic E-state index is 0.468. The molecule has 3 rings (SSSR count). The fourth-order valence-corrected chi connectivity index (χ4v) is 4.42. The zero-order valence-corrected chi connectivity index (χ0v) is 13.0. The number of nitrogens with one attached hydrogen (secondary N) is 1. The molecule has 19 heavy (non-hydrogen) atoms. The maximum atomic E-state index is 6.03. The van der Waals surface area contributed by atoms with Gasteiger partial charge in [-0.25, -0.2) is 9.97 Å². The van der Waals surface area contributed by atoms with Crippen molar-refractivity contribution >= 4 is 29.2 Å². The lowest BCUT2D eigenvalue weighted by Gasteiger charge is -2.28. The first-order valence-corrected chi connectivity index (χ1v) is 8.61. The van der Waals surface area contributed by atoms with Crippen LogP contribution >= 0.6 is 23.4 Å². The van der Waals surface area contributed by atoms with E-state index in [0.29, 0.717) is 11.2 Å². The van der Waals surface area contributed by atoms with Gasteiger partial charge in [0, 0.05) is 12.1 Å². The van der Waals surface area contributed by atoms with E-state index in [1.54, 1.807) is 0 Å². The molecule has 104 valence electrons. The van der Waals surface area contributed by atoms with Crippen LogP contribution in [0.4, 0.5) is 5.82 Å². The molecule has 3 nitrogen and oxygen atoms in total. The van der Waals surface area contributed by atoms with Gasteiger partial charge in [-0.3, -0.25) is 0 Å². The molecule has 1 heterocycles. The number of fused-ring (bicyclic) bond motifs is 2. The molecule has 4 atom stereocenters. The van der Waals surface area contributed by atoms with E-state index < -0.39 is 0 Å². The van der Waals surface area contributed by atoms with E-state index in [-0.39, 0.29) is 0 Å². The van der Waals surface area contributed by atoms with Crippen LogP contribution in [0.15, 0.2) is 11.2 Å². The second-order valence-electron chi connectivity index (χ2n) is 5.83. The Hall–Kier alpha value is -0.480. The van der Waals surface area contributed by atoms with Gasteiger partial charge in [-0.1, -0.05) is 29.8 Å². The van der Waals surface area contributed by atoms with Crippen LogP contribution in [0.5, 0.6) is 0 Å². The highest BCUT2D eigenvalue weighted by molar-refractivity contribution is 7.98. The van der Waals surface area contributed by atoms with Gasteiger partial charge in [0.25, 0.3) is 0 Å². The van der Waals surface area contributed by atoms with Gasteiger partial charge in [0.1, 0.15) is 11.0 Å². The number of nitrogens with zero attached hydrogens (tertiary/aromatic N) is 2. The summed E-state index contributed by atoms with van der Waals surface area (Å²) in [6, 6.07) is 2.29. The van der Waals surface area contributed by atoms with Crippen LogP contribution in [0, 0.1) is 17.8 Å². The van der Waals surface area contributed by atoms with Crippen molar-refractivity contribution in [3.8, 4) is 0 Å². The molecule has 2 aliphatic carbocycles. The molecule has 0 radical (unpaired) electrons. The molecular formula is C14H20ClN3S. The number of halogens is 1. The van der Waals surface area contributed by atoms with Crippen molar-refractivity contribution in [2.45, 2.75) is 43.8 Å². The van der Waals surface area contributed by atoms with Crippen LogP contribution in [-0.4, -0.2) is 22.3 Å². The summed E-state index contributed by atoms with van der Waals surface area (Å²) in [6.07, 6.45) is 7.66. The lowest BCUT2D eigenvalue weighted by Crippen LogP contribution is -2.30. The van der Waals surface area contributed by atoms with Crippen molar-refractivity contribution in [1.29, 1.82) is 0 Å². The third-order valence-electron chi connectivity index (χ3n) is 4.67. The normalized spacial score (nSPS) is 30.6. The van der Waals surface area contributed by atoms with Gasteiger partial charge >= 0.3 is 0 Å². The van der Waals surface area contributed by atoms with Crippen molar-refractivity contribution < 1.29 is 0 Å². The average molecular weight is 298 g/mol. The highest BCUT2D eigenvalue weighted by Gasteiger charge is 2.41. The van der Waals surface area contributed by atoms with Crippen molar-refractivity contribution in [3.63, 3.8) is 0 Å². The molecule has 1 aromatic rings. The van der Waals surface area contributed by atoms with Gasteiger partial charge in [0.15, 0.2) is 5.16 Å². The lowest BCUT2D eigenvalue weighted by molar-refractivity contribution is 0.304. The summed E-state index contributed by atoms with van der Waals surface area (Å²) in [7, 11) is 0. The molecule has 0 spiro atoms. The van der Waals surface area contributed by atoms with Crippen molar-refractivity contribution in [2.75, 3.05) is 11.6 Å². The molecule has 2 saturated carbocycles. The van der Waals surface area contributed by atoms with E-state index in [9.17, 15) is 0 Å². The van der Waals surface area contributed by atoms with Gasteiger partial charge in [-0.05, 0) is 50.2 Å². The number of hydrogen-bond donors (Lipinski definition) is 1. The fourth-order valence-electron chi connectivity index (χ4n) is 3.81. The van der Waals surface area contributed by atoms with Crippen molar-refractivity contribution in [1.82, 2.24) is 9.97 Å². The van der Waals surface area contributed by atoms with E-state index in [1.165, 1.54) is 37.4 Å². The summed E-state index contributed by atoms with van der Waals surface area (Å²) in [5, 5.41) is 4.78. The molecule has 1 aromatic heterocycles. The fraction of sp³-hybridized carbons (Fsp3) is 0.714. The predicted molar refractivity (Wildman–Crippen MR) is 80.8 cm³/mol. The van der Waals surface area contributed by atoms with E-state index in [4.69, 9.17) is 11.6 Å². The number of thioether (sulfide) groups is 1. The summed E-state index contributed by atoms with van der Waals surface area (Å²) in [5.74, 6) is 3.56. The first-order valence-electron chi connectivity index (χ1n) is 7.01. The van der Waals surface area contributed by atoms with Crippen molar-refractivity contribution in [3.05, 3.63) is 11.2 Å². The number of aromatic nitrogens is 2. The van der Waals surface area contributed by atoms with E-state index >= 15 is 0 Å². The molecule has 2 bridgehead atoms. The van der Waals surface area contributed by atoms with Gasteiger partial charge < -0.3 is 5.32 Å². The van der Waals surface area contributed by atoms with Crippen LogP contribution in [0.2, 0.25) is 5.15 Å². The molecule has 1 N–H and O–H groups in total. The molecule has 0 amide bonds. The Kier molecular flexibility index (Phi) is 3.90. The number of anilines is 1. The van der Waals surface area contributed by atoms with Crippen LogP contribution in [0.1, 0.15) is 32.6 Å². The van der Waals surface area contributed by atoms with Crippen LogP contribution < -0.4 is 5.32 Å². The Labute approximate surface area is 123 Å². The summed E-state index contributed by atoms with van der Waals surface area (Å²) in [5.41, 5.74) is 0. The van der Waals surface area contributed by atoms with Gasteiger partial charge in [-0.15, -0.1) is 0 Å². The highest BCUT2D eigenvalue weighted by atomic mass is 35.5. The Morgan fingerprint density at radius 3 is 2.84 bits per heavy atom. The Morgan fingerprint density at radius 2 is 2.21 bits per heavy atom. The number of rotatable bonds is 4. The van der Waals surface area contributed by atoms with E-state index in [2.05, 4.69) is 22.2 Å². The Morgan fingerprint density at radius 1 is 1.37 bits per heavy atom. The summed E-state index contributed by atoms with van der Waals surface area (Å²) in [4.78, 5) is 8.65. The Bertz CT molecular complexity index is 468. The minimum atomic E-state index is 0.468. The molecule has 5 heteroatoms. The SMILES string of the molecule is CSc1nc(Cl)cc(NC(C)C2CC3CCC2C3)n1.